The van der Waals surface area contributed by atoms with Gasteiger partial charge in [0, 0.05) is 19.0 Å². The maximum atomic E-state index is 12.9. The van der Waals surface area contributed by atoms with Crippen LogP contribution in [0.4, 0.5) is 5.69 Å². The van der Waals surface area contributed by atoms with Crippen molar-refractivity contribution in [1.29, 1.82) is 0 Å². The Labute approximate surface area is 155 Å². The van der Waals surface area contributed by atoms with Gasteiger partial charge in [0.05, 0.1) is 6.54 Å². The third-order valence-electron chi connectivity index (χ3n) is 5.12. The molecule has 8 heteroatoms. The smallest absolute Gasteiger partial charge is 0.244 e. The van der Waals surface area contributed by atoms with Gasteiger partial charge in [0.2, 0.25) is 11.8 Å². The predicted octanol–water partition coefficient (Wildman–Crippen LogP) is 0.867. The molecule has 144 valence electrons. The zero-order valence-electron chi connectivity index (χ0n) is 15.8. The highest BCUT2D eigenvalue weighted by Gasteiger charge is 2.50. The van der Waals surface area contributed by atoms with Gasteiger partial charge < -0.3 is 15.5 Å². The summed E-state index contributed by atoms with van der Waals surface area (Å²) in [5, 5.41) is 5.87. The summed E-state index contributed by atoms with van der Waals surface area (Å²) < 4.78 is 23.2. The Morgan fingerprint density at radius 1 is 1.23 bits per heavy atom. The molecule has 1 aromatic rings. The molecule has 2 amide bonds. The summed E-state index contributed by atoms with van der Waals surface area (Å²) in [6.07, 6.45) is 1.53. The molecule has 1 heterocycles. The number of sulfone groups is 1. The average molecular weight is 381 g/mol. The number of hydrogen-bond acceptors (Lipinski definition) is 5. The highest BCUT2D eigenvalue weighted by atomic mass is 32.2. The number of anilines is 1. The molecule has 0 unspecified atom stereocenters. The Morgan fingerprint density at radius 2 is 1.85 bits per heavy atom. The van der Waals surface area contributed by atoms with E-state index in [0.29, 0.717) is 18.8 Å². The number of nitrogens with one attached hydrogen (secondary N) is 2. The van der Waals surface area contributed by atoms with E-state index in [0.717, 1.165) is 17.4 Å². The summed E-state index contributed by atoms with van der Waals surface area (Å²) in [5.41, 5.74) is 2.70. The first kappa shape index (κ1) is 20.4. The molecule has 0 saturated carbocycles. The monoisotopic (exact) mass is 381 g/mol. The molecule has 26 heavy (non-hydrogen) atoms. The fraction of sp³-hybridized carbons (Fsp3) is 0.556. The van der Waals surface area contributed by atoms with Crippen LogP contribution < -0.4 is 10.6 Å². The third kappa shape index (κ3) is 4.07. The van der Waals surface area contributed by atoms with Crippen molar-refractivity contribution in [3.8, 4) is 0 Å². The number of piperidine rings is 1. The molecule has 1 aliphatic heterocycles. The molecule has 1 aliphatic rings. The van der Waals surface area contributed by atoms with Crippen molar-refractivity contribution in [3.63, 3.8) is 0 Å². The molecule has 1 saturated heterocycles. The average Bonchev–Trinajstić information content (AvgIpc) is 2.58. The van der Waals surface area contributed by atoms with E-state index in [-0.39, 0.29) is 25.3 Å². The van der Waals surface area contributed by atoms with Gasteiger partial charge >= 0.3 is 0 Å². The number of rotatable bonds is 5. The summed E-state index contributed by atoms with van der Waals surface area (Å²) in [7, 11) is -2.13. The van der Waals surface area contributed by atoms with Crippen molar-refractivity contribution in [3.05, 3.63) is 29.3 Å². The van der Waals surface area contributed by atoms with Crippen molar-refractivity contribution < 1.29 is 18.0 Å². The quantitative estimate of drug-likeness (QED) is 0.789. The first-order chi connectivity index (χ1) is 12.1. The molecular weight excluding hydrogens is 354 g/mol. The second-order valence-electron chi connectivity index (χ2n) is 6.97. The number of hydrogen-bond donors (Lipinski definition) is 2. The Bertz CT molecular complexity index is 799. The van der Waals surface area contributed by atoms with Crippen LogP contribution in [0.15, 0.2) is 18.2 Å². The molecule has 2 N–H and O–H groups in total. The molecule has 0 spiro atoms. The van der Waals surface area contributed by atoms with E-state index in [1.807, 2.05) is 26.0 Å². The molecule has 0 radical (unpaired) electrons. The van der Waals surface area contributed by atoms with Gasteiger partial charge in [-0.1, -0.05) is 12.1 Å². The largest absolute Gasteiger partial charge is 0.335 e. The highest BCUT2D eigenvalue weighted by molar-refractivity contribution is 7.92. The maximum Gasteiger partial charge on any atom is 0.244 e. The summed E-state index contributed by atoms with van der Waals surface area (Å²) in [4.78, 5) is 26.5. The third-order valence-corrected chi connectivity index (χ3v) is 7.12. The van der Waals surface area contributed by atoms with Crippen LogP contribution in [-0.2, 0) is 19.4 Å². The number of aryl methyl sites for hydroxylation is 1. The maximum absolute atomic E-state index is 12.9. The summed E-state index contributed by atoms with van der Waals surface area (Å²) in [6.45, 7) is 4.58. The lowest BCUT2D eigenvalue weighted by Crippen LogP contribution is -2.58. The number of likely N-dealkylation sites (N-methyl/N-ethyl adjacent to an activating group) is 1. The Morgan fingerprint density at radius 3 is 2.42 bits per heavy atom. The molecule has 0 atom stereocenters. The standard InChI is InChI=1S/C18H27N3O4S/c1-13-6-5-7-15(14(13)2)20-16(22)12-21(3)17(23)18(26(4,24)25)8-10-19-11-9-18/h5-7,19H,8-12H2,1-4H3,(H,20,22). The van der Waals surface area contributed by atoms with Gasteiger partial charge in [-0.3, -0.25) is 9.59 Å². The number of amides is 2. The van der Waals surface area contributed by atoms with E-state index in [4.69, 9.17) is 0 Å². The lowest BCUT2D eigenvalue weighted by Gasteiger charge is -2.37. The van der Waals surface area contributed by atoms with Crippen molar-refractivity contribution in [2.75, 3.05) is 38.3 Å². The van der Waals surface area contributed by atoms with Gasteiger partial charge in [-0.15, -0.1) is 0 Å². The van der Waals surface area contributed by atoms with Gasteiger partial charge in [-0.25, -0.2) is 8.42 Å². The first-order valence-electron chi connectivity index (χ1n) is 8.60. The number of benzene rings is 1. The number of carbonyl (C=O) groups excluding carboxylic acids is 2. The van der Waals surface area contributed by atoms with E-state index in [9.17, 15) is 18.0 Å². The van der Waals surface area contributed by atoms with E-state index in [1.54, 1.807) is 6.07 Å². The lowest BCUT2D eigenvalue weighted by atomic mass is 9.95. The highest BCUT2D eigenvalue weighted by Crippen LogP contribution is 2.29. The van der Waals surface area contributed by atoms with Crippen LogP contribution in [0.25, 0.3) is 0 Å². The van der Waals surface area contributed by atoms with Gasteiger partial charge in [0.25, 0.3) is 0 Å². The van der Waals surface area contributed by atoms with E-state index in [2.05, 4.69) is 10.6 Å². The van der Waals surface area contributed by atoms with Crippen LogP contribution in [0.3, 0.4) is 0 Å². The molecule has 0 bridgehead atoms. The lowest BCUT2D eigenvalue weighted by molar-refractivity contribution is -0.136. The minimum atomic E-state index is -3.60. The van der Waals surface area contributed by atoms with Crippen LogP contribution in [-0.4, -0.2) is 62.8 Å². The summed E-state index contributed by atoms with van der Waals surface area (Å²) >= 11 is 0. The van der Waals surface area contributed by atoms with Crippen LogP contribution in [0.1, 0.15) is 24.0 Å². The molecule has 1 aromatic carbocycles. The van der Waals surface area contributed by atoms with Crippen molar-refractivity contribution in [2.45, 2.75) is 31.4 Å². The zero-order chi connectivity index (χ0) is 19.5. The minimum absolute atomic E-state index is 0.198. The van der Waals surface area contributed by atoms with Crippen molar-refractivity contribution >= 4 is 27.3 Å². The Kier molecular flexibility index (Phi) is 6.08. The molecule has 7 nitrogen and oxygen atoms in total. The van der Waals surface area contributed by atoms with Crippen LogP contribution in [0, 0.1) is 13.8 Å². The van der Waals surface area contributed by atoms with Crippen molar-refractivity contribution in [1.82, 2.24) is 10.2 Å². The second-order valence-corrected chi connectivity index (χ2v) is 9.30. The molecular formula is C18H27N3O4S. The minimum Gasteiger partial charge on any atom is -0.335 e. The topological polar surface area (TPSA) is 95.6 Å². The van der Waals surface area contributed by atoms with E-state index in [1.165, 1.54) is 11.9 Å². The first-order valence-corrected chi connectivity index (χ1v) is 10.5. The van der Waals surface area contributed by atoms with E-state index >= 15 is 0 Å². The van der Waals surface area contributed by atoms with Gasteiger partial charge in [0.1, 0.15) is 0 Å². The second kappa shape index (κ2) is 7.75. The molecule has 1 fully saturated rings. The predicted molar refractivity (Wildman–Crippen MR) is 102 cm³/mol. The molecule has 2 rings (SSSR count). The Hall–Kier alpha value is -1.93. The van der Waals surface area contributed by atoms with Crippen LogP contribution in [0.5, 0.6) is 0 Å². The van der Waals surface area contributed by atoms with Gasteiger partial charge in [0.15, 0.2) is 14.6 Å². The van der Waals surface area contributed by atoms with Crippen LogP contribution in [0.2, 0.25) is 0 Å². The van der Waals surface area contributed by atoms with Gasteiger partial charge in [-0.2, -0.15) is 0 Å². The summed E-state index contributed by atoms with van der Waals surface area (Å²) in [6, 6.07) is 5.60. The Balaban J connectivity index is 2.12. The van der Waals surface area contributed by atoms with Gasteiger partial charge in [-0.05, 0) is 57.0 Å². The number of carbonyl (C=O) groups is 2. The van der Waals surface area contributed by atoms with Crippen molar-refractivity contribution in [2.24, 2.45) is 0 Å². The number of nitrogens with zero attached hydrogens (tertiary/aromatic N) is 1. The summed E-state index contributed by atoms with van der Waals surface area (Å²) in [5.74, 6) is -0.871. The van der Waals surface area contributed by atoms with Crippen LogP contribution >= 0.6 is 0 Å². The molecule has 0 aliphatic carbocycles. The van der Waals surface area contributed by atoms with E-state index < -0.39 is 20.5 Å². The fourth-order valence-corrected chi connectivity index (χ4v) is 4.70. The zero-order valence-corrected chi connectivity index (χ0v) is 16.6. The normalized spacial score (nSPS) is 16.8. The SMILES string of the molecule is Cc1cccc(NC(=O)CN(C)C(=O)C2(S(C)(=O)=O)CCNCC2)c1C. The molecule has 0 aromatic heterocycles. The fourth-order valence-electron chi connectivity index (χ4n) is 3.29.